The molecule has 2 unspecified atom stereocenters. The van der Waals surface area contributed by atoms with Gasteiger partial charge in [-0.25, -0.2) is 4.39 Å². The van der Waals surface area contributed by atoms with Crippen LogP contribution in [0.15, 0.2) is 65.6 Å². The molecule has 0 spiro atoms. The highest BCUT2D eigenvalue weighted by Crippen LogP contribution is 2.39. The Labute approximate surface area is 170 Å². The van der Waals surface area contributed by atoms with Gasteiger partial charge in [0.2, 0.25) is 0 Å². The van der Waals surface area contributed by atoms with Crippen molar-refractivity contribution in [3.8, 4) is 0 Å². The summed E-state index contributed by atoms with van der Waals surface area (Å²) < 4.78 is 13.8. The van der Waals surface area contributed by atoms with Gasteiger partial charge in [0, 0.05) is 30.4 Å². The van der Waals surface area contributed by atoms with Gasteiger partial charge in [0.15, 0.2) is 0 Å². The molecule has 2 aliphatic carbocycles. The number of nitrogens with one attached hydrogen (secondary N) is 1. The van der Waals surface area contributed by atoms with Gasteiger partial charge in [0.25, 0.3) is 0 Å². The van der Waals surface area contributed by atoms with Crippen LogP contribution in [0, 0.1) is 17.8 Å². The molecule has 29 heavy (non-hydrogen) atoms. The fraction of sp³-hybridized carbons (Fsp3) is 0.417. The van der Waals surface area contributed by atoms with Crippen LogP contribution in [0.3, 0.4) is 0 Å². The zero-order valence-corrected chi connectivity index (χ0v) is 16.4. The van der Waals surface area contributed by atoms with Crippen molar-refractivity contribution in [2.75, 3.05) is 0 Å². The third-order valence-corrected chi connectivity index (χ3v) is 6.33. The van der Waals surface area contributed by atoms with Gasteiger partial charge in [-0.15, -0.1) is 0 Å². The summed E-state index contributed by atoms with van der Waals surface area (Å²) in [7, 11) is 0. The van der Waals surface area contributed by atoms with Crippen molar-refractivity contribution in [1.82, 2.24) is 5.32 Å². The Hall–Kier alpha value is -2.53. The Balaban J connectivity index is 1.27. The first-order chi connectivity index (χ1) is 14.1. The Morgan fingerprint density at radius 3 is 2.55 bits per heavy atom. The highest BCUT2D eigenvalue weighted by atomic mass is 19.1. The minimum absolute atomic E-state index is 0.0651. The van der Waals surface area contributed by atoms with E-state index in [1.807, 2.05) is 36.5 Å². The van der Waals surface area contributed by atoms with Crippen molar-refractivity contribution in [2.24, 2.45) is 22.7 Å². The molecule has 1 fully saturated rings. The summed E-state index contributed by atoms with van der Waals surface area (Å²) in [5.74, 6) is 0.00991. The van der Waals surface area contributed by atoms with Crippen LogP contribution >= 0.6 is 0 Å². The number of halogens is 1. The molecule has 4 nitrogen and oxygen atoms in total. The molecule has 4 rings (SSSR count). The van der Waals surface area contributed by atoms with E-state index in [9.17, 15) is 9.18 Å². The maximum absolute atomic E-state index is 13.8. The Morgan fingerprint density at radius 2 is 1.83 bits per heavy atom. The van der Waals surface area contributed by atoms with Crippen LogP contribution in [0.25, 0.3) is 0 Å². The summed E-state index contributed by atoms with van der Waals surface area (Å²) in [4.78, 5) is 15.2. The van der Waals surface area contributed by atoms with Crippen molar-refractivity contribution in [2.45, 2.75) is 44.7 Å². The number of aliphatic carboxylic acids is 1. The van der Waals surface area contributed by atoms with Gasteiger partial charge in [-0.05, 0) is 66.9 Å². The highest BCUT2D eigenvalue weighted by molar-refractivity contribution is 6.00. The lowest BCUT2D eigenvalue weighted by Gasteiger charge is -2.37. The fourth-order valence-electron chi connectivity index (χ4n) is 4.74. The molecule has 152 valence electrons. The van der Waals surface area contributed by atoms with E-state index in [4.69, 9.17) is 5.11 Å². The van der Waals surface area contributed by atoms with E-state index in [2.05, 4.69) is 16.4 Å². The van der Waals surface area contributed by atoms with E-state index in [0.717, 1.165) is 43.5 Å². The lowest BCUT2D eigenvalue weighted by Crippen LogP contribution is -2.37. The molecule has 1 aliphatic heterocycles. The van der Waals surface area contributed by atoms with Gasteiger partial charge < -0.3 is 10.4 Å². The summed E-state index contributed by atoms with van der Waals surface area (Å²) in [5, 5.41) is 12.5. The van der Waals surface area contributed by atoms with Gasteiger partial charge in [-0.1, -0.05) is 30.3 Å². The second kappa shape index (κ2) is 8.87. The van der Waals surface area contributed by atoms with Gasteiger partial charge in [-0.2, -0.15) is 0 Å². The minimum Gasteiger partial charge on any atom is -0.481 e. The maximum atomic E-state index is 13.8. The van der Waals surface area contributed by atoms with Crippen molar-refractivity contribution >= 4 is 11.7 Å². The molecule has 0 aromatic heterocycles. The van der Waals surface area contributed by atoms with Crippen LogP contribution < -0.4 is 5.32 Å². The van der Waals surface area contributed by atoms with Crippen molar-refractivity contribution in [3.63, 3.8) is 0 Å². The van der Waals surface area contributed by atoms with Crippen molar-refractivity contribution in [1.29, 1.82) is 0 Å². The van der Waals surface area contributed by atoms with E-state index in [-0.39, 0.29) is 18.2 Å². The Morgan fingerprint density at radius 1 is 1.10 bits per heavy atom. The summed E-state index contributed by atoms with van der Waals surface area (Å²) in [6.07, 6.45) is 13.7. The van der Waals surface area contributed by atoms with Crippen LogP contribution in [0.4, 0.5) is 4.39 Å². The highest BCUT2D eigenvalue weighted by Gasteiger charge is 2.34. The monoisotopic (exact) mass is 394 g/mol. The molecule has 1 heterocycles. The number of fused-ring (bicyclic) bond motifs is 1. The second-order valence-electron chi connectivity index (χ2n) is 8.26. The lowest BCUT2D eigenvalue weighted by molar-refractivity contribution is -0.136. The first-order valence-corrected chi connectivity index (χ1v) is 10.4. The molecule has 0 bridgehead atoms. The zero-order valence-electron chi connectivity index (χ0n) is 16.4. The van der Waals surface area contributed by atoms with Gasteiger partial charge >= 0.3 is 5.97 Å². The van der Waals surface area contributed by atoms with Crippen molar-refractivity contribution < 1.29 is 14.3 Å². The van der Waals surface area contributed by atoms with Crippen LogP contribution in [0.5, 0.6) is 0 Å². The molecule has 2 N–H and O–H groups in total. The molecular weight excluding hydrogens is 367 g/mol. The molecule has 0 amide bonds. The standard InChI is InChI=1S/C24H27FN2O2/c25-19-7-10-23-22(14-19)21(11-12-26-23)18-5-8-20(9-6-18)27-15-17-3-1-16(2-4-17)13-24(28)29/h1-4,7,10-12,14,18,20-22,27H,5-6,8-9,13,15H2,(H,28,29). The smallest absolute Gasteiger partial charge is 0.307 e. The fourth-order valence-corrected chi connectivity index (χ4v) is 4.74. The lowest BCUT2D eigenvalue weighted by atomic mass is 9.70. The summed E-state index contributed by atoms with van der Waals surface area (Å²) in [6, 6.07) is 8.28. The first kappa shape index (κ1) is 19.8. The molecular formula is C24H27FN2O2. The number of carbonyl (C=O) groups is 1. The average molecular weight is 394 g/mol. The number of aliphatic imine (C=N–C) groups is 1. The number of carboxylic acids is 1. The van der Waals surface area contributed by atoms with E-state index in [1.54, 1.807) is 6.08 Å². The van der Waals surface area contributed by atoms with Crippen molar-refractivity contribution in [3.05, 3.63) is 71.7 Å². The third kappa shape index (κ3) is 4.91. The van der Waals surface area contributed by atoms with Crippen LogP contribution in [0.2, 0.25) is 0 Å². The van der Waals surface area contributed by atoms with E-state index in [0.29, 0.717) is 17.9 Å². The van der Waals surface area contributed by atoms with Crippen LogP contribution in [0.1, 0.15) is 36.8 Å². The maximum Gasteiger partial charge on any atom is 0.307 e. The average Bonchev–Trinajstić information content (AvgIpc) is 2.73. The summed E-state index contributed by atoms with van der Waals surface area (Å²) in [5.41, 5.74) is 2.98. The predicted molar refractivity (Wildman–Crippen MR) is 112 cm³/mol. The number of allylic oxidation sites excluding steroid dienone is 5. The minimum atomic E-state index is -0.804. The zero-order chi connectivity index (χ0) is 20.2. The largest absolute Gasteiger partial charge is 0.481 e. The molecule has 1 aromatic carbocycles. The van der Waals surface area contributed by atoms with E-state index < -0.39 is 5.97 Å². The number of carboxylic acid groups (broad SMARTS) is 1. The SMILES string of the molecule is O=C(O)Cc1ccc(CNC2CCC(C3C=CN=C4C=CC(F)=CC43)CC2)cc1. The topological polar surface area (TPSA) is 61.7 Å². The normalized spacial score (nSPS) is 28.4. The number of nitrogens with zero attached hydrogens (tertiary/aromatic N) is 1. The first-order valence-electron chi connectivity index (χ1n) is 10.4. The second-order valence-corrected chi connectivity index (χ2v) is 8.26. The molecule has 5 heteroatoms. The Kier molecular flexibility index (Phi) is 6.05. The number of hydrogen-bond acceptors (Lipinski definition) is 3. The van der Waals surface area contributed by atoms with E-state index >= 15 is 0 Å². The third-order valence-electron chi connectivity index (χ3n) is 6.33. The summed E-state index contributed by atoms with van der Waals surface area (Å²) >= 11 is 0. The van der Waals surface area contributed by atoms with Crippen LogP contribution in [-0.4, -0.2) is 22.8 Å². The number of benzene rings is 1. The number of rotatable bonds is 6. The molecule has 0 radical (unpaired) electrons. The number of hydrogen-bond donors (Lipinski definition) is 2. The molecule has 0 saturated heterocycles. The quantitative estimate of drug-likeness (QED) is 0.742. The van der Waals surface area contributed by atoms with Gasteiger partial charge in [0.1, 0.15) is 5.83 Å². The molecule has 3 aliphatic rings. The van der Waals surface area contributed by atoms with E-state index in [1.165, 1.54) is 11.6 Å². The molecule has 2 atom stereocenters. The summed E-state index contributed by atoms with van der Waals surface area (Å²) in [6.45, 7) is 0.796. The van der Waals surface area contributed by atoms with Gasteiger partial charge in [-0.3, -0.25) is 9.79 Å². The van der Waals surface area contributed by atoms with Crippen LogP contribution in [-0.2, 0) is 17.8 Å². The molecule has 1 aromatic rings. The predicted octanol–water partition coefficient (Wildman–Crippen LogP) is 4.59. The Bertz CT molecular complexity index is 861. The molecule has 1 saturated carbocycles. The van der Waals surface area contributed by atoms with Gasteiger partial charge in [0.05, 0.1) is 6.42 Å².